The van der Waals surface area contributed by atoms with Crippen LogP contribution in [0.4, 0.5) is 0 Å². The third-order valence-corrected chi connectivity index (χ3v) is 11.4. The van der Waals surface area contributed by atoms with Crippen LogP contribution in [0.3, 0.4) is 0 Å². The van der Waals surface area contributed by atoms with E-state index in [9.17, 15) is 0 Å². The maximum Gasteiger partial charge on any atom is 0.164 e. The van der Waals surface area contributed by atoms with Gasteiger partial charge in [0.25, 0.3) is 0 Å². The minimum absolute atomic E-state index is 0.643. The summed E-state index contributed by atoms with van der Waals surface area (Å²) in [6.45, 7) is 0. The van der Waals surface area contributed by atoms with Crippen LogP contribution in [0.2, 0.25) is 0 Å². The smallest absolute Gasteiger partial charge is 0.164 e. The molecule has 11 rings (SSSR count). The number of nitrogens with zero attached hydrogens (tertiary/aromatic N) is 4. The summed E-state index contributed by atoms with van der Waals surface area (Å²) >= 11 is 1.89. The molecule has 0 N–H and O–H groups in total. The first-order chi connectivity index (χ1) is 25.8. The van der Waals surface area contributed by atoms with Crippen molar-refractivity contribution in [2.45, 2.75) is 0 Å². The van der Waals surface area contributed by atoms with Crippen molar-refractivity contribution in [3.8, 4) is 39.9 Å². The average molecular weight is 681 g/mol. The highest BCUT2D eigenvalue weighted by Crippen LogP contribution is 2.48. The van der Waals surface area contributed by atoms with Gasteiger partial charge in [0.15, 0.2) is 17.5 Å². The van der Waals surface area contributed by atoms with Gasteiger partial charge in [-0.25, -0.2) is 15.0 Å². The lowest BCUT2D eigenvalue weighted by molar-refractivity contribution is 1.07. The zero-order valence-electron chi connectivity index (χ0n) is 27.9. The van der Waals surface area contributed by atoms with Crippen molar-refractivity contribution in [3.05, 3.63) is 170 Å². The van der Waals surface area contributed by atoms with E-state index in [2.05, 4.69) is 114 Å². The molecular weight excluding hydrogens is 653 g/mol. The molecule has 0 spiro atoms. The molecule has 0 saturated heterocycles. The van der Waals surface area contributed by atoms with Gasteiger partial charge in [-0.2, -0.15) is 0 Å². The largest absolute Gasteiger partial charge is 0.307 e. The van der Waals surface area contributed by atoms with E-state index in [1.54, 1.807) is 0 Å². The van der Waals surface area contributed by atoms with E-state index in [1.807, 2.05) is 72.0 Å². The van der Waals surface area contributed by atoms with Crippen molar-refractivity contribution in [2.24, 2.45) is 0 Å². The summed E-state index contributed by atoms with van der Waals surface area (Å²) in [5, 5.41) is 10.2. The number of fused-ring (bicyclic) bond motifs is 12. The lowest BCUT2D eigenvalue weighted by Crippen LogP contribution is -2.00. The Morgan fingerprint density at radius 1 is 0.365 bits per heavy atom. The first kappa shape index (κ1) is 29.1. The average Bonchev–Trinajstić information content (AvgIpc) is 3.79. The second kappa shape index (κ2) is 11.4. The normalized spacial score (nSPS) is 11.8. The molecule has 0 amide bonds. The SMILES string of the molecule is c1ccc(-c2nc(-c3ccccc3)nc(-c3ccc(-n4c5c6ccccc6ccc5c5c6ccccc6c6c7ccccc7sc6c54)cc3)n2)cc1. The highest BCUT2D eigenvalue weighted by molar-refractivity contribution is 7.27. The van der Waals surface area contributed by atoms with E-state index in [0.29, 0.717) is 17.5 Å². The Kier molecular flexibility index (Phi) is 6.39. The van der Waals surface area contributed by atoms with Crippen LogP contribution < -0.4 is 0 Å². The quantitative estimate of drug-likeness (QED) is 0.186. The molecule has 4 nitrogen and oxygen atoms in total. The molecule has 0 atom stereocenters. The summed E-state index contributed by atoms with van der Waals surface area (Å²) in [5.74, 6) is 1.95. The molecule has 8 aromatic carbocycles. The van der Waals surface area contributed by atoms with Crippen molar-refractivity contribution >= 4 is 74.9 Å². The molecule has 0 aliphatic rings. The molecule has 52 heavy (non-hydrogen) atoms. The zero-order chi connectivity index (χ0) is 34.2. The summed E-state index contributed by atoms with van der Waals surface area (Å²) < 4.78 is 5.10. The third kappa shape index (κ3) is 4.36. The molecule has 0 unspecified atom stereocenters. The minimum atomic E-state index is 0.643. The lowest BCUT2D eigenvalue weighted by Gasteiger charge is -2.12. The predicted octanol–water partition coefficient (Wildman–Crippen LogP) is 12.6. The molecule has 0 radical (unpaired) electrons. The lowest BCUT2D eigenvalue weighted by atomic mass is 9.98. The van der Waals surface area contributed by atoms with Gasteiger partial charge in [0.2, 0.25) is 0 Å². The van der Waals surface area contributed by atoms with Crippen LogP contribution in [0, 0.1) is 0 Å². The van der Waals surface area contributed by atoms with Gasteiger partial charge >= 0.3 is 0 Å². The van der Waals surface area contributed by atoms with Crippen molar-refractivity contribution in [1.82, 2.24) is 19.5 Å². The first-order valence-electron chi connectivity index (χ1n) is 17.5. The Morgan fingerprint density at radius 2 is 0.885 bits per heavy atom. The second-order valence-electron chi connectivity index (χ2n) is 13.2. The molecule has 3 aromatic heterocycles. The van der Waals surface area contributed by atoms with Crippen molar-refractivity contribution < 1.29 is 0 Å². The second-order valence-corrected chi connectivity index (χ2v) is 14.2. The Bertz CT molecular complexity index is 3100. The fourth-order valence-electron chi connectivity index (χ4n) is 7.89. The van der Waals surface area contributed by atoms with Crippen LogP contribution in [-0.2, 0) is 0 Å². The van der Waals surface area contributed by atoms with Crippen LogP contribution >= 0.6 is 11.3 Å². The van der Waals surface area contributed by atoms with Gasteiger partial charge in [-0.15, -0.1) is 11.3 Å². The summed E-state index contributed by atoms with van der Waals surface area (Å²) in [5.41, 5.74) is 6.40. The Labute approximate surface area is 302 Å². The van der Waals surface area contributed by atoms with E-state index < -0.39 is 0 Å². The fraction of sp³-hybridized carbons (Fsp3) is 0. The predicted molar refractivity (Wildman–Crippen MR) is 218 cm³/mol. The summed E-state index contributed by atoms with van der Waals surface area (Å²) in [6.07, 6.45) is 0. The monoisotopic (exact) mass is 680 g/mol. The highest BCUT2D eigenvalue weighted by atomic mass is 32.1. The molecule has 5 heteroatoms. The van der Waals surface area contributed by atoms with Crippen LogP contribution in [0.15, 0.2) is 170 Å². The molecule has 3 heterocycles. The Balaban J connectivity index is 1.20. The molecule has 0 aliphatic carbocycles. The molecule has 11 aromatic rings. The summed E-state index contributed by atoms with van der Waals surface area (Å²) in [6, 6.07) is 60.1. The van der Waals surface area contributed by atoms with E-state index >= 15 is 0 Å². The van der Waals surface area contributed by atoms with Crippen LogP contribution in [-0.4, -0.2) is 19.5 Å². The minimum Gasteiger partial charge on any atom is -0.307 e. The first-order valence-corrected chi connectivity index (χ1v) is 18.3. The van der Waals surface area contributed by atoms with Crippen molar-refractivity contribution in [3.63, 3.8) is 0 Å². The summed E-state index contributed by atoms with van der Waals surface area (Å²) in [7, 11) is 0. The van der Waals surface area contributed by atoms with Crippen LogP contribution in [0.5, 0.6) is 0 Å². The maximum absolute atomic E-state index is 5.00. The van der Waals surface area contributed by atoms with Gasteiger partial charge in [0.05, 0.1) is 15.7 Å². The molecule has 0 aliphatic heterocycles. The van der Waals surface area contributed by atoms with Crippen LogP contribution in [0.25, 0.3) is 103 Å². The van der Waals surface area contributed by atoms with Crippen molar-refractivity contribution in [1.29, 1.82) is 0 Å². The van der Waals surface area contributed by atoms with E-state index in [1.165, 1.54) is 63.5 Å². The Morgan fingerprint density at radius 3 is 1.54 bits per heavy atom. The van der Waals surface area contributed by atoms with Crippen molar-refractivity contribution in [2.75, 3.05) is 0 Å². The fourth-order valence-corrected chi connectivity index (χ4v) is 9.15. The van der Waals surface area contributed by atoms with Gasteiger partial charge in [-0.1, -0.05) is 140 Å². The summed E-state index contributed by atoms with van der Waals surface area (Å²) in [4.78, 5) is 14.9. The van der Waals surface area contributed by atoms with E-state index in [0.717, 1.165) is 22.4 Å². The molecular formula is C47H28N4S. The van der Waals surface area contributed by atoms with E-state index in [4.69, 9.17) is 15.0 Å². The van der Waals surface area contributed by atoms with Gasteiger partial charge in [-0.3, -0.25) is 0 Å². The number of hydrogen-bond acceptors (Lipinski definition) is 4. The van der Waals surface area contributed by atoms with Gasteiger partial charge in [0, 0.05) is 54.0 Å². The maximum atomic E-state index is 5.00. The zero-order valence-corrected chi connectivity index (χ0v) is 28.7. The standard InChI is InChI=1S/C47H28N4S/c1-3-14-30(15-4-1)45-48-46(31-16-5-2-6-17-31)50-47(49-45)32-23-26-33(27-24-32)51-42-34-18-8-7-13-29(34)25-28-38(42)40-35-19-9-10-20-36(35)41-37-21-11-12-22-39(37)52-44(41)43(40)51/h1-28H. The Hall–Kier alpha value is -6.69. The molecule has 242 valence electrons. The highest BCUT2D eigenvalue weighted by Gasteiger charge is 2.23. The molecule has 0 bridgehead atoms. The van der Waals surface area contributed by atoms with Gasteiger partial charge in [0.1, 0.15) is 0 Å². The molecule has 0 saturated carbocycles. The van der Waals surface area contributed by atoms with Gasteiger partial charge < -0.3 is 4.57 Å². The third-order valence-electron chi connectivity index (χ3n) is 10.2. The number of hydrogen-bond donors (Lipinski definition) is 0. The molecule has 0 fully saturated rings. The van der Waals surface area contributed by atoms with E-state index in [-0.39, 0.29) is 0 Å². The number of rotatable bonds is 4. The number of thiophene rings is 1. The van der Waals surface area contributed by atoms with Gasteiger partial charge in [-0.05, 0) is 46.5 Å². The number of aromatic nitrogens is 4. The van der Waals surface area contributed by atoms with Crippen LogP contribution in [0.1, 0.15) is 0 Å². The topological polar surface area (TPSA) is 43.6 Å². The number of benzene rings is 8.